The number of amides is 1. The lowest BCUT2D eigenvalue weighted by Gasteiger charge is -2.39. The normalized spacial score (nSPS) is 24.9. The molecule has 2 unspecified atom stereocenters. The zero-order chi connectivity index (χ0) is 20.5. The van der Waals surface area contributed by atoms with Gasteiger partial charge in [-0.15, -0.1) is 0 Å². The number of hydrogen-bond acceptors (Lipinski definition) is 8. The van der Waals surface area contributed by atoms with E-state index in [0.717, 1.165) is 6.42 Å². The van der Waals surface area contributed by atoms with Gasteiger partial charge in [0.15, 0.2) is 0 Å². The molecule has 0 aromatic carbocycles. The number of likely N-dealkylation sites (tertiary alicyclic amines) is 1. The van der Waals surface area contributed by atoms with Crippen LogP contribution >= 0.6 is 0 Å². The SMILES string of the molecule is COc1ncc(C2(O)CCN(C(=O)C3CC(C(C)(C)C)NN3)CC2)c(OC)n1. The van der Waals surface area contributed by atoms with Crippen molar-refractivity contribution < 1.29 is 19.4 Å². The lowest BCUT2D eigenvalue weighted by Crippen LogP contribution is -2.51. The fourth-order valence-electron chi connectivity index (χ4n) is 3.80. The van der Waals surface area contributed by atoms with Crippen LogP contribution in [-0.2, 0) is 10.4 Å². The van der Waals surface area contributed by atoms with Crippen molar-refractivity contribution in [2.45, 2.75) is 57.7 Å². The standard InChI is InChI=1S/C19H31N5O4/c1-18(2,3)14-10-13(22-23-14)16(25)24-8-6-19(26,7-9-24)12-11-20-17(28-5)21-15(12)27-4/h11,13-14,22-23,26H,6-10H2,1-5H3. The number of piperidine rings is 1. The lowest BCUT2D eigenvalue weighted by atomic mass is 9.83. The van der Waals surface area contributed by atoms with E-state index in [1.165, 1.54) is 14.2 Å². The Bertz CT molecular complexity index is 713. The molecular formula is C19H31N5O4. The predicted molar refractivity (Wildman–Crippen MR) is 103 cm³/mol. The second-order valence-electron chi connectivity index (χ2n) is 8.63. The molecule has 9 nitrogen and oxygen atoms in total. The molecule has 9 heteroatoms. The zero-order valence-corrected chi connectivity index (χ0v) is 17.3. The van der Waals surface area contributed by atoms with Crippen LogP contribution in [0.15, 0.2) is 6.20 Å². The van der Waals surface area contributed by atoms with Crippen molar-refractivity contribution in [3.63, 3.8) is 0 Å². The summed E-state index contributed by atoms with van der Waals surface area (Å²) >= 11 is 0. The summed E-state index contributed by atoms with van der Waals surface area (Å²) < 4.78 is 10.3. The van der Waals surface area contributed by atoms with Crippen LogP contribution in [0.25, 0.3) is 0 Å². The zero-order valence-electron chi connectivity index (χ0n) is 17.3. The maximum absolute atomic E-state index is 12.9. The number of hydrazine groups is 1. The number of nitrogens with one attached hydrogen (secondary N) is 2. The van der Waals surface area contributed by atoms with E-state index >= 15 is 0 Å². The highest BCUT2D eigenvalue weighted by Crippen LogP contribution is 2.37. The molecule has 28 heavy (non-hydrogen) atoms. The van der Waals surface area contributed by atoms with E-state index in [2.05, 4.69) is 41.6 Å². The fraction of sp³-hybridized carbons (Fsp3) is 0.737. The van der Waals surface area contributed by atoms with E-state index in [0.29, 0.717) is 37.4 Å². The third kappa shape index (κ3) is 4.06. The Morgan fingerprint density at radius 1 is 1.25 bits per heavy atom. The molecule has 1 amide bonds. The average Bonchev–Trinajstić information content (AvgIpc) is 3.18. The first-order valence-corrected chi connectivity index (χ1v) is 9.65. The van der Waals surface area contributed by atoms with Gasteiger partial charge in [0.25, 0.3) is 0 Å². The Hall–Kier alpha value is -1.97. The highest BCUT2D eigenvalue weighted by Gasteiger charge is 2.42. The molecule has 0 bridgehead atoms. The summed E-state index contributed by atoms with van der Waals surface area (Å²) in [6.45, 7) is 7.39. The molecule has 2 aliphatic heterocycles. The van der Waals surface area contributed by atoms with Gasteiger partial charge in [0.1, 0.15) is 6.04 Å². The van der Waals surface area contributed by atoms with Crippen molar-refractivity contribution in [3.05, 3.63) is 11.8 Å². The third-order valence-corrected chi connectivity index (χ3v) is 5.76. The highest BCUT2D eigenvalue weighted by molar-refractivity contribution is 5.82. The number of aliphatic hydroxyl groups is 1. The molecule has 156 valence electrons. The van der Waals surface area contributed by atoms with Gasteiger partial charge < -0.3 is 19.5 Å². The summed E-state index contributed by atoms with van der Waals surface area (Å²) in [6.07, 6.45) is 3.09. The van der Waals surface area contributed by atoms with E-state index in [-0.39, 0.29) is 29.4 Å². The first kappa shape index (κ1) is 20.8. The number of carbonyl (C=O) groups excluding carboxylic acids is 1. The largest absolute Gasteiger partial charge is 0.481 e. The number of ether oxygens (including phenoxy) is 2. The van der Waals surface area contributed by atoms with Crippen molar-refractivity contribution >= 4 is 5.91 Å². The summed E-state index contributed by atoms with van der Waals surface area (Å²) in [5, 5.41) is 11.2. The van der Waals surface area contributed by atoms with Gasteiger partial charge >= 0.3 is 6.01 Å². The minimum Gasteiger partial charge on any atom is -0.481 e. The Morgan fingerprint density at radius 3 is 2.46 bits per heavy atom. The van der Waals surface area contributed by atoms with Crippen LogP contribution in [0, 0.1) is 5.41 Å². The minimum atomic E-state index is -1.14. The fourth-order valence-corrected chi connectivity index (χ4v) is 3.80. The van der Waals surface area contributed by atoms with Crippen molar-refractivity contribution in [3.8, 4) is 11.9 Å². The summed E-state index contributed by atoms with van der Waals surface area (Å²) in [6, 6.07) is 0.183. The second kappa shape index (κ2) is 7.81. The highest BCUT2D eigenvalue weighted by atomic mass is 16.5. The molecule has 0 spiro atoms. The Kier molecular flexibility index (Phi) is 5.79. The first-order chi connectivity index (χ1) is 13.2. The molecule has 2 atom stereocenters. The van der Waals surface area contributed by atoms with E-state index in [9.17, 15) is 9.90 Å². The molecule has 0 saturated carbocycles. The molecule has 3 N–H and O–H groups in total. The van der Waals surface area contributed by atoms with Crippen LogP contribution in [-0.4, -0.2) is 65.3 Å². The number of carbonyl (C=O) groups is 1. The monoisotopic (exact) mass is 393 g/mol. The number of aromatic nitrogens is 2. The number of nitrogens with zero attached hydrogens (tertiary/aromatic N) is 3. The Labute approximate surface area is 165 Å². The van der Waals surface area contributed by atoms with Gasteiger partial charge in [-0.3, -0.25) is 10.2 Å². The summed E-state index contributed by atoms with van der Waals surface area (Å²) in [4.78, 5) is 23.0. The van der Waals surface area contributed by atoms with Crippen molar-refractivity contribution in [1.82, 2.24) is 25.7 Å². The van der Waals surface area contributed by atoms with E-state index < -0.39 is 5.60 Å². The number of methoxy groups -OCH3 is 2. The van der Waals surface area contributed by atoms with E-state index in [4.69, 9.17) is 9.47 Å². The molecule has 3 rings (SSSR count). The predicted octanol–water partition coefficient (Wildman–Crippen LogP) is 0.585. The van der Waals surface area contributed by atoms with Crippen LogP contribution in [0.3, 0.4) is 0 Å². The molecule has 1 aromatic rings. The van der Waals surface area contributed by atoms with Gasteiger partial charge in [0, 0.05) is 25.3 Å². The van der Waals surface area contributed by atoms with Crippen molar-refractivity contribution in [1.29, 1.82) is 0 Å². The quantitative estimate of drug-likeness (QED) is 0.682. The van der Waals surface area contributed by atoms with Gasteiger partial charge in [-0.1, -0.05) is 20.8 Å². The van der Waals surface area contributed by atoms with Crippen LogP contribution < -0.4 is 20.3 Å². The van der Waals surface area contributed by atoms with Crippen LogP contribution in [0.1, 0.15) is 45.6 Å². The van der Waals surface area contributed by atoms with Crippen LogP contribution in [0.5, 0.6) is 11.9 Å². The van der Waals surface area contributed by atoms with Crippen LogP contribution in [0.4, 0.5) is 0 Å². The van der Waals surface area contributed by atoms with Gasteiger partial charge in [-0.2, -0.15) is 4.98 Å². The molecule has 1 aromatic heterocycles. The minimum absolute atomic E-state index is 0.0687. The number of hydrogen-bond donors (Lipinski definition) is 3. The number of rotatable bonds is 4. The topological polar surface area (TPSA) is 109 Å². The van der Waals surface area contributed by atoms with Crippen molar-refractivity contribution in [2.75, 3.05) is 27.3 Å². The molecule has 0 aliphatic carbocycles. The summed E-state index contributed by atoms with van der Waals surface area (Å²) in [7, 11) is 2.97. The Morgan fingerprint density at radius 2 is 1.93 bits per heavy atom. The molecule has 3 heterocycles. The van der Waals surface area contributed by atoms with Gasteiger partial charge in [-0.25, -0.2) is 10.4 Å². The molecule has 2 saturated heterocycles. The van der Waals surface area contributed by atoms with E-state index in [1.807, 2.05) is 4.90 Å². The molecule has 2 fully saturated rings. The van der Waals surface area contributed by atoms with Crippen LogP contribution in [0.2, 0.25) is 0 Å². The van der Waals surface area contributed by atoms with Gasteiger partial charge in [0.05, 0.1) is 25.4 Å². The van der Waals surface area contributed by atoms with Gasteiger partial charge in [0.2, 0.25) is 11.8 Å². The van der Waals surface area contributed by atoms with Crippen molar-refractivity contribution in [2.24, 2.45) is 5.41 Å². The molecule has 2 aliphatic rings. The summed E-state index contributed by atoms with van der Waals surface area (Å²) in [5.41, 5.74) is 5.85. The average molecular weight is 393 g/mol. The van der Waals surface area contributed by atoms with E-state index in [1.54, 1.807) is 6.20 Å². The molecular weight excluding hydrogens is 362 g/mol. The second-order valence-corrected chi connectivity index (χ2v) is 8.63. The molecule has 0 radical (unpaired) electrons. The smallest absolute Gasteiger partial charge is 0.319 e. The van der Waals surface area contributed by atoms with Gasteiger partial charge in [-0.05, 0) is 24.7 Å². The Balaban J connectivity index is 1.65. The maximum Gasteiger partial charge on any atom is 0.319 e. The summed E-state index contributed by atoms with van der Waals surface area (Å²) in [5.74, 6) is 0.364. The maximum atomic E-state index is 12.9. The lowest BCUT2D eigenvalue weighted by molar-refractivity contribution is -0.137. The third-order valence-electron chi connectivity index (χ3n) is 5.76. The first-order valence-electron chi connectivity index (χ1n) is 9.65.